The van der Waals surface area contributed by atoms with Crippen LogP contribution in [0.4, 0.5) is 0 Å². The topological polar surface area (TPSA) is 83.9 Å². The quantitative estimate of drug-likeness (QED) is 0.108. The number of para-hydroxylation sites is 2. The lowest BCUT2D eigenvalue weighted by Crippen LogP contribution is -2.43. The van der Waals surface area contributed by atoms with Gasteiger partial charge in [0.15, 0.2) is 11.6 Å². The van der Waals surface area contributed by atoms with Crippen LogP contribution in [0.5, 0.6) is 11.5 Å². The Morgan fingerprint density at radius 1 is 0.750 bits per heavy atom. The molecule has 0 radical (unpaired) electrons. The second-order valence-electron chi connectivity index (χ2n) is 10.1. The summed E-state index contributed by atoms with van der Waals surface area (Å²) in [5.74, 6) is -1.70. The molecule has 0 saturated heterocycles. The highest BCUT2D eigenvalue weighted by atomic mass is 16.5. The van der Waals surface area contributed by atoms with Crippen molar-refractivity contribution in [3.05, 3.63) is 131 Å². The van der Waals surface area contributed by atoms with Crippen LogP contribution in [0.3, 0.4) is 0 Å². The van der Waals surface area contributed by atoms with E-state index in [4.69, 9.17) is 4.74 Å². The number of carbonyl (C=O) groups excluding carboxylic acids is 3. The zero-order chi connectivity index (χ0) is 28.7. The molecule has 0 heterocycles. The lowest BCUT2D eigenvalue weighted by molar-refractivity contribution is -0.123. The van der Waals surface area contributed by atoms with Crippen LogP contribution in [0.1, 0.15) is 51.6 Å². The molecule has 6 heteroatoms. The van der Waals surface area contributed by atoms with Crippen LogP contribution >= 0.6 is 0 Å². The van der Waals surface area contributed by atoms with Gasteiger partial charge in [0.05, 0.1) is 17.4 Å². The van der Waals surface area contributed by atoms with Gasteiger partial charge in [-0.1, -0.05) is 84.9 Å². The lowest BCUT2D eigenvalue weighted by atomic mass is 9.66. The van der Waals surface area contributed by atoms with Gasteiger partial charge in [-0.15, -0.1) is 0 Å². The number of carbonyl (C=O) groups is 3. The maximum atomic E-state index is 14.4. The van der Waals surface area contributed by atoms with E-state index in [-0.39, 0.29) is 34.5 Å². The number of Topliss-reactive ketones (excluding diaryl/α,β-unsaturated/α-hetero) is 2. The largest absolute Gasteiger partial charge is 0.507 e. The van der Waals surface area contributed by atoms with Crippen molar-refractivity contribution in [1.82, 2.24) is 4.90 Å². The van der Waals surface area contributed by atoms with Crippen molar-refractivity contribution in [2.75, 3.05) is 14.1 Å². The highest BCUT2D eigenvalue weighted by Gasteiger charge is 2.43. The number of ether oxygens (including phenoxy) is 1. The molecule has 0 aromatic heterocycles. The Hall–Kier alpha value is -4.55. The van der Waals surface area contributed by atoms with Crippen molar-refractivity contribution in [2.24, 2.45) is 0 Å². The molecule has 40 heavy (non-hydrogen) atoms. The molecule has 1 unspecified atom stereocenters. The smallest absolute Gasteiger partial charge is 0.347 e. The number of nitrogens with zero attached hydrogens (tertiary/aromatic N) is 1. The molecule has 0 spiro atoms. The van der Waals surface area contributed by atoms with E-state index in [1.807, 2.05) is 74.8 Å². The number of phenols is 1. The third-order valence-corrected chi connectivity index (χ3v) is 7.33. The summed E-state index contributed by atoms with van der Waals surface area (Å²) in [6.45, 7) is 2.06. The van der Waals surface area contributed by atoms with Crippen LogP contribution in [0.15, 0.2) is 109 Å². The molecular weight excluding hydrogens is 502 g/mol. The normalized spacial score (nSPS) is 12.1. The predicted octanol–water partition coefficient (Wildman–Crippen LogP) is 6.08. The van der Waals surface area contributed by atoms with E-state index in [2.05, 4.69) is 11.8 Å². The minimum atomic E-state index is -1.08. The number of hydrogen-bond donors (Lipinski definition) is 1. The Morgan fingerprint density at radius 2 is 1.25 bits per heavy atom. The zero-order valence-corrected chi connectivity index (χ0v) is 22.9. The van der Waals surface area contributed by atoms with Gasteiger partial charge in [0.1, 0.15) is 17.1 Å². The molecule has 0 bridgehead atoms. The first-order valence-corrected chi connectivity index (χ1v) is 13.2. The Bertz CT molecular complexity index is 1440. The number of esters is 1. The van der Waals surface area contributed by atoms with Crippen molar-refractivity contribution in [3.63, 3.8) is 0 Å². The van der Waals surface area contributed by atoms with E-state index >= 15 is 0 Å². The molecule has 0 amide bonds. The van der Waals surface area contributed by atoms with Crippen molar-refractivity contribution < 1.29 is 24.2 Å². The van der Waals surface area contributed by atoms with Gasteiger partial charge in [-0.25, -0.2) is 4.79 Å². The average Bonchev–Trinajstić information content (AvgIpc) is 2.97. The first-order chi connectivity index (χ1) is 19.2. The summed E-state index contributed by atoms with van der Waals surface area (Å²) in [6.07, 6.45) is 0.0686. The van der Waals surface area contributed by atoms with Gasteiger partial charge in [-0.2, -0.15) is 0 Å². The molecule has 0 fully saturated rings. The molecule has 4 aromatic carbocycles. The summed E-state index contributed by atoms with van der Waals surface area (Å²) >= 11 is 0. The maximum absolute atomic E-state index is 14.4. The molecule has 0 saturated carbocycles. The summed E-state index contributed by atoms with van der Waals surface area (Å²) in [7, 11) is 3.94. The van der Waals surface area contributed by atoms with Crippen molar-refractivity contribution >= 4 is 17.5 Å². The standard InChI is InChI=1S/C34H33NO5/c1-24(35(2)3)23-34(25-14-6-4-7-15-25,26-16-8-5-9-17-26)32(38)22-30(37)27-18-11-13-21-31(27)40-33(39)28-19-10-12-20-29(28)36/h4-21,24,36H,22-23H2,1-3H3. The number of rotatable bonds is 11. The van der Waals surface area contributed by atoms with E-state index in [1.165, 1.54) is 24.3 Å². The molecule has 0 aliphatic carbocycles. The second kappa shape index (κ2) is 12.5. The summed E-state index contributed by atoms with van der Waals surface area (Å²) < 4.78 is 5.53. The Balaban J connectivity index is 1.72. The summed E-state index contributed by atoms with van der Waals surface area (Å²) in [4.78, 5) is 43.0. The van der Waals surface area contributed by atoms with Crippen LogP contribution < -0.4 is 4.74 Å². The van der Waals surface area contributed by atoms with Gasteiger partial charge in [-0.3, -0.25) is 9.59 Å². The van der Waals surface area contributed by atoms with E-state index in [0.29, 0.717) is 6.42 Å². The van der Waals surface area contributed by atoms with E-state index in [9.17, 15) is 19.5 Å². The number of aromatic hydroxyl groups is 1. The molecule has 4 aromatic rings. The molecule has 204 valence electrons. The van der Waals surface area contributed by atoms with Gasteiger partial charge < -0.3 is 14.7 Å². The summed E-state index contributed by atoms with van der Waals surface area (Å²) in [5, 5.41) is 10.1. The minimum absolute atomic E-state index is 0.0197. The van der Waals surface area contributed by atoms with Gasteiger partial charge in [-0.05, 0) is 62.8 Å². The Kier molecular flexibility index (Phi) is 8.92. The van der Waals surface area contributed by atoms with Gasteiger partial charge in [0, 0.05) is 6.04 Å². The van der Waals surface area contributed by atoms with E-state index < -0.39 is 23.6 Å². The first-order valence-electron chi connectivity index (χ1n) is 13.2. The van der Waals surface area contributed by atoms with Crippen LogP contribution in [-0.4, -0.2) is 47.7 Å². The molecular formula is C34H33NO5. The SMILES string of the molecule is CC(CC(C(=O)CC(=O)c1ccccc1OC(=O)c1ccccc1O)(c1ccccc1)c1ccccc1)N(C)C. The van der Waals surface area contributed by atoms with Crippen molar-refractivity contribution in [2.45, 2.75) is 31.2 Å². The number of phenolic OH excluding ortho intramolecular Hbond substituents is 1. The van der Waals surface area contributed by atoms with Crippen LogP contribution in [0, 0.1) is 0 Å². The van der Waals surface area contributed by atoms with E-state index in [0.717, 1.165) is 11.1 Å². The van der Waals surface area contributed by atoms with Crippen molar-refractivity contribution in [1.29, 1.82) is 0 Å². The van der Waals surface area contributed by atoms with Crippen LogP contribution in [-0.2, 0) is 10.2 Å². The number of ketones is 2. The van der Waals surface area contributed by atoms with Crippen molar-refractivity contribution in [3.8, 4) is 11.5 Å². The highest BCUT2D eigenvalue weighted by molar-refractivity contribution is 6.13. The minimum Gasteiger partial charge on any atom is -0.507 e. The lowest BCUT2D eigenvalue weighted by Gasteiger charge is -2.37. The van der Waals surface area contributed by atoms with Gasteiger partial charge in [0.2, 0.25) is 0 Å². The molecule has 0 aliphatic rings. The third kappa shape index (κ3) is 6.03. The van der Waals surface area contributed by atoms with Gasteiger partial charge in [0.25, 0.3) is 0 Å². The average molecular weight is 536 g/mol. The second-order valence-corrected chi connectivity index (χ2v) is 10.1. The molecule has 0 aliphatic heterocycles. The fourth-order valence-corrected chi connectivity index (χ4v) is 4.89. The summed E-state index contributed by atoms with van der Waals surface area (Å²) in [5.41, 5.74) is 0.642. The first kappa shape index (κ1) is 28.5. The monoisotopic (exact) mass is 535 g/mol. The molecule has 4 rings (SSSR count). The molecule has 1 N–H and O–H groups in total. The third-order valence-electron chi connectivity index (χ3n) is 7.33. The molecule has 1 atom stereocenters. The Morgan fingerprint density at radius 3 is 1.80 bits per heavy atom. The number of hydrogen-bond acceptors (Lipinski definition) is 6. The predicted molar refractivity (Wildman–Crippen MR) is 155 cm³/mol. The fourth-order valence-electron chi connectivity index (χ4n) is 4.89. The summed E-state index contributed by atoms with van der Waals surface area (Å²) in [6, 6.07) is 31.5. The van der Waals surface area contributed by atoms with Gasteiger partial charge >= 0.3 is 5.97 Å². The number of benzene rings is 4. The zero-order valence-electron chi connectivity index (χ0n) is 22.9. The van der Waals surface area contributed by atoms with E-state index in [1.54, 1.807) is 24.3 Å². The maximum Gasteiger partial charge on any atom is 0.347 e. The fraction of sp³-hybridized carbons (Fsp3) is 0.206. The highest BCUT2D eigenvalue weighted by Crippen LogP contribution is 2.40. The van der Waals surface area contributed by atoms with Crippen LogP contribution in [0.25, 0.3) is 0 Å². The molecule has 6 nitrogen and oxygen atoms in total. The Labute approximate surface area is 234 Å². The van der Waals surface area contributed by atoms with Crippen LogP contribution in [0.2, 0.25) is 0 Å².